The van der Waals surface area contributed by atoms with Gasteiger partial charge in [-0.2, -0.15) is 5.10 Å². The van der Waals surface area contributed by atoms with Gasteiger partial charge < -0.3 is 15.0 Å². The number of piperidine rings is 1. The molecule has 2 fully saturated rings. The summed E-state index contributed by atoms with van der Waals surface area (Å²) in [4.78, 5) is 28.9. The fourth-order valence-corrected chi connectivity index (χ4v) is 6.11. The molecule has 1 atom stereocenters. The molecule has 1 unspecified atom stereocenters. The summed E-state index contributed by atoms with van der Waals surface area (Å²) < 4.78 is 6.46. The largest absolute Gasteiger partial charge is 0.486 e. The molecule has 1 saturated carbocycles. The molecule has 1 saturated heterocycles. The number of fused-ring (bicyclic) bond motifs is 2. The maximum atomic E-state index is 13.4. The van der Waals surface area contributed by atoms with Crippen molar-refractivity contribution in [2.45, 2.75) is 43.7 Å². The molecule has 3 aliphatic rings. The summed E-state index contributed by atoms with van der Waals surface area (Å²) in [6, 6.07) is 21.6. The van der Waals surface area contributed by atoms with Crippen molar-refractivity contribution >= 4 is 22.6 Å². The third kappa shape index (κ3) is 4.51. The van der Waals surface area contributed by atoms with Gasteiger partial charge >= 0.3 is 0 Å². The Morgan fingerprint density at radius 2 is 1.87 bits per heavy atom. The van der Waals surface area contributed by atoms with Crippen LogP contribution in [-0.2, 0) is 0 Å². The minimum absolute atomic E-state index is 0.0118. The van der Waals surface area contributed by atoms with Crippen LogP contribution < -0.4 is 10.1 Å². The summed E-state index contributed by atoms with van der Waals surface area (Å²) in [5, 5.41) is 11.8. The summed E-state index contributed by atoms with van der Waals surface area (Å²) in [6.07, 6.45) is 4.38. The molecule has 1 amide bonds. The van der Waals surface area contributed by atoms with Crippen molar-refractivity contribution in [2.75, 3.05) is 20.1 Å². The summed E-state index contributed by atoms with van der Waals surface area (Å²) in [5.41, 5.74) is 4.34. The molecule has 0 radical (unpaired) electrons. The van der Waals surface area contributed by atoms with E-state index in [1.807, 2.05) is 54.6 Å². The number of benzene rings is 3. The van der Waals surface area contributed by atoms with Gasteiger partial charge in [-0.1, -0.05) is 30.3 Å². The number of hydrogen-bond donors (Lipinski definition) is 2. The van der Waals surface area contributed by atoms with Gasteiger partial charge in [0.2, 0.25) is 0 Å². The number of Topliss-reactive ketones (excluding diaryl/α,β-unsaturated/α-hetero) is 1. The van der Waals surface area contributed by atoms with Gasteiger partial charge in [-0.3, -0.25) is 14.7 Å². The zero-order valence-electron chi connectivity index (χ0n) is 22.1. The van der Waals surface area contributed by atoms with Gasteiger partial charge in [0.1, 0.15) is 11.4 Å². The fourth-order valence-electron chi connectivity index (χ4n) is 6.11. The minimum Gasteiger partial charge on any atom is -0.486 e. The third-order valence-electron chi connectivity index (χ3n) is 8.62. The molecule has 7 nitrogen and oxygen atoms in total. The van der Waals surface area contributed by atoms with Crippen LogP contribution in [0.2, 0.25) is 0 Å². The van der Waals surface area contributed by atoms with E-state index in [2.05, 4.69) is 39.6 Å². The predicted molar refractivity (Wildman–Crippen MR) is 150 cm³/mol. The summed E-state index contributed by atoms with van der Waals surface area (Å²) in [7, 11) is 2.11. The lowest BCUT2D eigenvalue weighted by Crippen LogP contribution is -2.50. The van der Waals surface area contributed by atoms with Gasteiger partial charge in [-0.15, -0.1) is 0 Å². The zero-order chi connectivity index (χ0) is 26.6. The molecule has 7 heteroatoms. The lowest BCUT2D eigenvalue weighted by atomic mass is 9.82. The number of carbonyl (C=O) groups excluding carboxylic acids is 2. The number of aromatic nitrogens is 2. The predicted octanol–water partition coefficient (Wildman–Crippen LogP) is 5.54. The molecule has 1 spiro atoms. The normalized spacial score (nSPS) is 19.5. The van der Waals surface area contributed by atoms with Crippen molar-refractivity contribution in [3.63, 3.8) is 0 Å². The van der Waals surface area contributed by atoms with Crippen LogP contribution in [0.5, 0.6) is 5.75 Å². The number of amides is 1. The smallest absolute Gasteiger partial charge is 0.251 e. The highest BCUT2D eigenvalue weighted by atomic mass is 16.5. The Balaban J connectivity index is 1.17. The number of nitrogens with zero attached hydrogens (tertiary/aromatic N) is 2. The second-order valence-corrected chi connectivity index (χ2v) is 11.4. The molecule has 2 aliphatic heterocycles. The number of nitrogens with one attached hydrogen (secondary N) is 2. The van der Waals surface area contributed by atoms with E-state index in [4.69, 9.17) is 4.74 Å². The van der Waals surface area contributed by atoms with Gasteiger partial charge in [-0.25, -0.2) is 0 Å². The third-order valence-corrected chi connectivity index (χ3v) is 8.62. The Kier molecular flexibility index (Phi) is 5.77. The number of ether oxygens (including phenoxy) is 1. The molecule has 0 bridgehead atoms. The number of rotatable bonds is 5. The molecule has 1 aromatic heterocycles. The molecule has 7 rings (SSSR count). The van der Waals surface area contributed by atoms with Gasteiger partial charge in [-0.05, 0) is 67.8 Å². The Bertz CT molecular complexity index is 1570. The Labute approximate surface area is 227 Å². The van der Waals surface area contributed by atoms with E-state index in [1.165, 1.54) is 0 Å². The van der Waals surface area contributed by atoms with E-state index >= 15 is 0 Å². The number of ketones is 1. The van der Waals surface area contributed by atoms with Gasteiger partial charge in [0.15, 0.2) is 5.78 Å². The van der Waals surface area contributed by atoms with Crippen LogP contribution in [0, 0.1) is 5.92 Å². The fraction of sp³-hybridized carbons (Fsp3) is 0.344. The summed E-state index contributed by atoms with van der Waals surface area (Å²) in [5.74, 6) is 1.16. The monoisotopic (exact) mass is 520 g/mol. The lowest BCUT2D eigenvalue weighted by Gasteiger charge is -2.43. The number of H-pyrrole nitrogens is 1. The van der Waals surface area contributed by atoms with E-state index in [0.717, 1.165) is 66.5 Å². The quantitative estimate of drug-likeness (QED) is 0.361. The minimum atomic E-state index is -0.391. The first-order valence-corrected chi connectivity index (χ1v) is 13.9. The van der Waals surface area contributed by atoms with Crippen LogP contribution in [0.4, 0.5) is 0 Å². The SMILES string of the molecule is CN1CCC2(CC1)CC(=O)c1cc(-c3n[nH]c4ccc(C(=O)NC(c5ccccc5)C5CC5)cc34)ccc1O2. The summed E-state index contributed by atoms with van der Waals surface area (Å²) >= 11 is 0. The maximum absolute atomic E-state index is 13.4. The summed E-state index contributed by atoms with van der Waals surface area (Å²) in [6.45, 7) is 1.87. The number of carbonyl (C=O) groups is 2. The highest BCUT2D eigenvalue weighted by Crippen LogP contribution is 2.42. The first-order chi connectivity index (χ1) is 19.0. The Hall–Kier alpha value is -3.97. The van der Waals surface area contributed by atoms with Crippen molar-refractivity contribution in [3.8, 4) is 17.0 Å². The van der Waals surface area contributed by atoms with Crippen molar-refractivity contribution in [2.24, 2.45) is 5.92 Å². The van der Waals surface area contributed by atoms with E-state index < -0.39 is 5.60 Å². The first-order valence-electron chi connectivity index (χ1n) is 13.9. The molecule has 39 heavy (non-hydrogen) atoms. The van der Waals surface area contributed by atoms with Crippen LogP contribution in [0.25, 0.3) is 22.2 Å². The van der Waals surface area contributed by atoms with Gasteiger partial charge in [0.05, 0.1) is 29.2 Å². The van der Waals surface area contributed by atoms with Crippen LogP contribution in [-0.4, -0.2) is 52.5 Å². The zero-order valence-corrected chi connectivity index (χ0v) is 22.1. The lowest BCUT2D eigenvalue weighted by molar-refractivity contribution is -0.00366. The molecule has 4 aromatic rings. The van der Waals surface area contributed by atoms with E-state index in [-0.39, 0.29) is 17.7 Å². The van der Waals surface area contributed by atoms with Crippen molar-refractivity contribution in [1.29, 1.82) is 0 Å². The van der Waals surface area contributed by atoms with E-state index in [0.29, 0.717) is 29.2 Å². The maximum Gasteiger partial charge on any atom is 0.251 e. The van der Waals surface area contributed by atoms with E-state index in [9.17, 15) is 9.59 Å². The number of hydrogen-bond acceptors (Lipinski definition) is 5. The van der Waals surface area contributed by atoms with Crippen molar-refractivity contribution in [1.82, 2.24) is 20.4 Å². The van der Waals surface area contributed by atoms with Crippen LogP contribution >= 0.6 is 0 Å². The molecule has 1 aliphatic carbocycles. The van der Waals surface area contributed by atoms with E-state index in [1.54, 1.807) is 0 Å². The molecule has 198 valence electrons. The second-order valence-electron chi connectivity index (χ2n) is 11.4. The van der Waals surface area contributed by atoms with Crippen LogP contribution in [0.1, 0.15) is 64.4 Å². The molecular formula is C32H32N4O3. The standard InChI is InChI=1S/C32H32N4O3/c1-36-15-13-32(14-16-36)19-27(37)25-17-22(10-12-28(25)39-32)30-24-18-23(9-11-26(24)34-35-30)31(38)33-29(21-7-8-21)20-5-3-2-4-6-20/h2-6,9-12,17-18,21,29H,7-8,13-16,19H2,1H3,(H,33,38)(H,34,35). The molecular weight excluding hydrogens is 488 g/mol. The van der Waals surface area contributed by atoms with Gasteiger partial charge in [0, 0.05) is 42.4 Å². The first kappa shape index (κ1) is 24.1. The highest BCUT2D eigenvalue weighted by molar-refractivity contribution is 6.04. The van der Waals surface area contributed by atoms with Crippen LogP contribution in [0.3, 0.4) is 0 Å². The molecule has 2 N–H and O–H groups in total. The van der Waals surface area contributed by atoms with Gasteiger partial charge in [0.25, 0.3) is 5.91 Å². The Morgan fingerprint density at radius 3 is 2.64 bits per heavy atom. The second kappa shape index (κ2) is 9.35. The van der Waals surface area contributed by atoms with Crippen molar-refractivity contribution < 1.29 is 14.3 Å². The average molecular weight is 521 g/mol. The molecule has 3 aromatic carbocycles. The molecule has 3 heterocycles. The van der Waals surface area contributed by atoms with Crippen LogP contribution in [0.15, 0.2) is 66.7 Å². The topological polar surface area (TPSA) is 87.3 Å². The Morgan fingerprint density at radius 1 is 1.08 bits per heavy atom. The number of likely N-dealkylation sites (tertiary alicyclic amines) is 1. The number of aromatic amines is 1. The van der Waals surface area contributed by atoms with Crippen molar-refractivity contribution in [3.05, 3.63) is 83.4 Å². The average Bonchev–Trinajstić information content (AvgIpc) is 3.72. The highest BCUT2D eigenvalue weighted by Gasteiger charge is 2.42.